The molecule has 84 valence electrons. The van der Waals surface area contributed by atoms with Gasteiger partial charge in [0.05, 0.1) is 30.3 Å². The third-order valence-electron chi connectivity index (χ3n) is 2.08. The second-order valence-electron chi connectivity index (χ2n) is 2.85. The standard InChI is InChI=1S/C10H12Br2O3/c1-5-6(11)8(13-2)10(15-4)9(14-3)7(5)12/h1-4H3. The summed E-state index contributed by atoms with van der Waals surface area (Å²) in [6.45, 7) is 1.96. The van der Waals surface area contributed by atoms with Crippen LogP contribution in [0.4, 0.5) is 0 Å². The highest BCUT2D eigenvalue weighted by Gasteiger charge is 2.21. The highest BCUT2D eigenvalue weighted by Crippen LogP contribution is 2.49. The Kier molecular flexibility index (Phi) is 4.28. The third-order valence-corrected chi connectivity index (χ3v) is 3.99. The summed E-state index contributed by atoms with van der Waals surface area (Å²) in [5.41, 5.74) is 1.00. The van der Waals surface area contributed by atoms with Gasteiger partial charge < -0.3 is 14.2 Å². The van der Waals surface area contributed by atoms with Crippen molar-refractivity contribution >= 4 is 31.9 Å². The van der Waals surface area contributed by atoms with E-state index in [-0.39, 0.29) is 0 Å². The number of rotatable bonds is 3. The highest BCUT2D eigenvalue weighted by atomic mass is 79.9. The van der Waals surface area contributed by atoms with Crippen LogP contribution in [0.15, 0.2) is 8.95 Å². The SMILES string of the molecule is COc1c(Br)c(C)c(Br)c(OC)c1OC. The molecule has 0 saturated heterocycles. The average molecular weight is 340 g/mol. The van der Waals surface area contributed by atoms with Crippen LogP contribution < -0.4 is 14.2 Å². The molecule has 0 aliphatic rings. The highest BCUT2D eigenvalue weighted by molar-refractivity contribution is 9.11. The first-order chi connectivity index (χ1) is 7.08. The minimum Gasteiger partial charge on any atom is -0.492 e. The molecule has 0 spiro atoms. The first kappa shape index (κ1) is 12.6. The van der Waals surface area contributed by atoms with Crippen LogP contribution in [-0.4, -0.2) is 21.3 Å². The van der Waals surface area contributed by atoms with Crippen molar-refractivity contribution in [1.82, 2.24) is 0 Å². The average Bonchev–Trinajstić information content (AvgIpc) is 2.25. The van der Waals surface area contributed by atoms with Gasteiger partial charge in [-0.3, -0.25) is 0 Å². The molecule has 15 heavy (non-hydrogen) atoms. The van der Waals surface area contributed by atoms with Crippen LogP contribution in [0.25, 0.3) is 0 Å². The van der Waals surface area contributed by atoms with E-state index in [1.807, 2.05) is 6.92 Å². The summed E-state index contributed by atoms with van der Waals surface area (Å²) < 4.78 is 17.5. The quantitative estimate of drug-likeness (QED) is 0.842. The van der Waals surface area contributed by atoms with Gasteiger partial charge in [-0.15, -0.1) is 0 Å². The van der Waals surface area contributed by atoms with Crippen molar-refractivity contribution in [3.63, 3.8) is 0 Å². The van der Waals surface area contributed by atoms with Gasteiger partial charge in [0.25, 0.3) is 0 Å². The summed E-state index contributed by atoms with van der Waals surface area (Å²) in [4.78, 5) is 0. The van der Waals surface area contributed by atoms with Crippen LogP contribution in [0.1, 0.15) is 5.56 Å². The Morgan fingerprint density at radius 1 is 0.733 bits per heavy atom. The Morgan fingerprint density at radius 3 is 1.33 bits per heavy atom. The maximum absolute atomic E-state index is 5.27. The smallest absolute Gasteiger partial charge is 0.205 e. The molecule has 3 nitrogen and oxygen atoms in total. The Labute approximate surface area is 106 Å². The second-order valence-corrected chi connectivity index (χ2v) is 4.44. The molecule has 0 bridgehead atoms. The van der Waals surface area contributed by atoms with Crippen LogP contribution in [0.2, 0.25) is 0 Å². The van der Waals surface area contributed by atoms with Crippen molar-refractivity contribution in [3.05, 3.63) is 14.5 Å². The molecular weight excluding hydrogens is 328 g/mol. The fourth-order valence-electron chi connectivity index (χ4n) is 1.29. The Morgan fingerprint density at radius 2 is 1.07 bits per heavy atom. The molecule has 0 atom stereocenters. The lowest BCUT2D eigenvalue weighted by Crippen LogP contribution is -1.98. The zero-order chi connectivity index (χ0) is 11.6. The fraction of sp³-hybridized carbons (Fsp3) is 0.400. The van der Waals surface area contributed by atoms with Gasteiger partial charge in [-0.2, -0.15) is 0 Å². The van der Waals surface area contributed by atoms with E-state index < -0.39 is 0 Å². The number of benzene rings is 1. The molecule has 1 aromatic carbocycles. The van der Waals surface area contributed by atoms with E-state index in [9.17, 15) is 0 Å². The molecule has 0 aliphatic carbocycles. The number of ether oxygens (including phenoxy) is 3. The summed E-state index contributed by atoms with van der Waals surface area (Å²) in [5.74, 6) is 1.84. The Balaban J connectivity index is 3.59. The van der Waals surface area contributed by atoms with E-state index >= 15 is 0 Å². The van der Waals surface area contributed by atoms with Crippen molar-refractivity contribution in [1.29, 1.82) is 0 Å². The zero-order valence-corrected chi connectivity index (χ0v) is 12.2. The van der Waals surface area contributed by atoms with Crippen molar-refractivity contribution in [2.24, 2.45) is 0 Å². The van der Waals surface area contributed by atoms with Gasteiger partial charge in [-0.25, -0.2) is 0 Å². The minimum atomic E-state index is 0.573. The maximum atomic E-state index is 5.27. The van der Waals surface area contributed by atoms with Gasteiger partial charge in [0, 0.05) is 0 Å². The van der Waals surface area contributed by atoms with Crippen molar-refractivity contribution in [3.8, 4) is 17.2 Å². The summed E-state index contributed by atoms with van der Waals surface area (Å²) in [7, 11) is 4.76. The first-order valence-electron chi connectivity index (χ1n) is 4.22. The molecule has 0 unspecified atom stereocenters. The maximum Gasteiger partial charge on any atom is 0.205 e. The van der Waals surface area contributed by atoms with E-state index in [1.165, 1.54) is 0 Å². The molecule has 1 aromatic rings. The zero-order valence-electron chi connectivity index (χ0n) is 8.98. The van der Waals surface area contributed by atoms with Crippen LogP contribution in [0.3, 0.4) is 0 Å². The van der Waals surface area contributed by atoms with Gasteiger partial charge in [0.2, 0.25) is 5.75 Å². The van der Waals surface area contributed by atoms with Gasteiger partial charge in [-0.05, 0) is 44.3 Å². The predicted octanol–water partition coefficient (Wildman–Crippen LogP) is 3.55. The van der Waals surface area contributed by atoms with Crippen LogP contribution in [0, 0.1) is 6.92 Å². The normalized spacial score (nSPS) is 10.0. The number of halogens is 2. The van der Waals surface area contributed by atoms with E-state index in [1.54, 1.807) is 21.3 Å². The van der Waals surface area contributed by atoms with Crippen molar-refractivity contribution in [2.75, 3.05) is 21.3 Å². The van der Waals surface area contributed by atoms with E-state index in [2.05, 4.69) is 31.9 Å². The molecule has 0 N–H and O–H groups in total. The summed E-state index contributed by atoms with van der Waals surface area (Å²) >= 11 is 6.91. The number of methoxy groups -OCH3 is 3. The third kappa shape index (κ3) is 2.08. The van der Waals surface area contributed by atoms with Crippen LogP contribution in [0.5, 0.6) is 17.2 Å². The topological polar surface area (TPSA) is 27.7 Å². The Hall–Kier alpha value is -0.420. The molecular formula is C10H12Br2O3. The lowest BCUT2D eigenvalue weighted by molar-refractivity contribution is 0.321. The molecule has 0 aromatic heterocycles. The molecule has 0 heterocycles. The van der Waals surface area contributed by atoms with Crippen LogP contribution in [-0.2, 0) is 0 Å². The lowest BCUT2D eigenvalue weighted by Gasteiger charge is -2.17. The van der Waals surface area contributed by atoms with Gasteiger partial charge in [0.15, 0.2) is 11.5 Å². The monoisotopic (exact) mass is 338 g/mol. The summed E-state index contributed by atoms with van der Waals surface area (Å²) in [6.07, 6.45) is 0. The molecule has 1 rings (SSSR count). The predicted molar refractivity (Wildman–Crippen MR) is 66.2 cm³/mol. The summed E-state index contributed by atoms with van der Waals surface area (Å²) in [6, 6.07) is 0. The Bertz CT molecular complexity index is 346. The fourth-order valence-corrected chi connectivity index (χ4v) is 2.64. The minimum absolute atomic E-state index is 0.573. The molecule has 0 saturated carbocycles. The van der Waals surface area contributed by atoms with E-state index in [0.717, 1.165) is 14.5 Å². The summed E-state index contributed by atoms with van der Waals surface area (Å²) in [5, 5.41) is 0. The molecule has 0 amide bonds. The number of hydrogen-bond donors (Lipinski definition) is 0. The molecule has 5 heteroatoms. The molecule has 0 aliphatic heterocycles. The van der Waals surface area contributed by atoms with Crippen molar-refractivity contribution in [2.45, 2.75) is 6.92 Å². The largest absolute Gasteiger partial charge is 0.492 e. The molecule has 0 radical (unpaired) electrons. The second kappa shape index (κ2) is 5.07. The number of hydrogen-bond acceptors (Lipinski definition) is 3. The van der Waals surface area contributed by atoms with E-state index in [4.69, 9.17) is 14.2 Å². The first-order valence-corrected chi connectivity index (χ1v) is 5.80. The van der Waals surface area contributed by atoms with Gasteiger partial charge in [0.1, 0.15) is 0 Å². The van der Waals surface area contributed by atoms with Crippen LogP contribution >= 0.6 is 31.9 Å². The lowest BCUT2D eigenvalue weighted by atomic mass is 10.2. The van der Waals surface area contributed by atoms with E-state index in [0.29, 0.717) is 17.2 Å². The van der Waals surface area contributed by atoms with Crippen molar-refractivity contribution < 1.29 is 14.2 Å². The van der Waals surface area contributed by atoms with Gasteiger partial charge >= 0.3 is 0 Å². The molecule has 0 fully saturated rings. The van der Waals surface area contributed by atoms with Gasteiger partial charge in [-0.1, -0.05) is 0 Å².